The summed E-state index contributed by atoms with van der Waals surface area (Å²) in [7, 11) is 0. The predicted molar refractivity (Wildman–Crippen MR) is 60.1 cm³/mol. The molecule has 1 spiro atoms. The van der Waals surface area contributed by atoms with Gasteiger partial charge in [-0.15, -0.1) is 12.4 Å². The number of hydrogen-bond acceptors (Lipinski definition) is 4. The van der Waals surface area contributed by atoms with Crippen LogP contribution in [0.25, 0.3) is 0 Å². The molecule has 0 bridgehead atoms. The number of hydrogen-bond donors (Lipinski definition) is 1. The Kier molecular flexibility index (Phi) is 4.25. The SMILES string of the molecule is CC(=O)SC1CNC2(CCOC2)C1.Cl. The normalized spacial score (nSPS) is 35.9. The summed E-state index contributed by atoms with van der Waals surface area (Å²) in [5.74, 6) is 0. The first-order chi connectivity index (χ1) is 6.20. The second-order valence-electron chi connectivity index (χ2n) is 3.90. The Labute approximate surface area is 94.7 Å². The Morgan fingerprint density at radius 2 is 2.43 bits per heavy atom. The van der Waals surface area contributed by atoms with Gasteiger partial charge in [-0.2, -0.15) is 0 Å². The molecule has 1 N–H and O–H groups in total. The maximum Gasteiger partial charge on any atom is 0.186 e. The largest absolute Gasteiger partial charge is 0.379 e. The summed E-state index contributed by atoms with van der Waals surface area (Å²) in [6.07, 6.45) is 2.18. The maximum absolute atomic E-state index is 10.9. The van der Waals surface area contributed by atoms with E-state index in [9.17, 15) is 4.79 Å². The van der Waals surface area contributed by atoms with E-state index in [2.05, 4.69) is 5.32 Å². The van der Waals surface area contributed by atoms with E-state index in [0.717, 1.165) is 32.6 Å². The van der Waals surface area contributed by atoms with Crippen molar-refractivity contribution in [3.63, 3.8) is 0 Å². The molecule has 2 aliphatic heterocycles. The fourth-order valence-electron chi connectivity index (χ4n) is 2.14. The van der Waals surface area contributed by atoms with Gasteiger partial charge in [-0.25, -0.2) is 0 Å². The summed E-state index contributed by atoms with van der Waals surface area (Å²) in [5, 5.41) is 4.17. The molecule has 2 heterocycles. The van der Waals surface area contributed by atoms with Gasteiger partial charge >= 0.3 is 0 Å². The Hall–Kier alpha value is 0.230. The lowest BCUT2D eigenvalue weighted by Crippen LogP contribution is -2.39. The van der Waals surface area contributed by atoms with Gasteiger partial charge in [-0.05, 0) is 12.8 Å². The van der Waals surface area contributed by atoms with E-state index in [1.54, 1.807) is 6.92 Å². The van der Waals surface area contributed by atoms with Crippen molar-refractivity contribution in [1.29, 1.82) is 0 Å². The van der Waals surface area contributed by atoms with Crippen LogP contribution in [0.2, 0.25) is 0 Å². The number of rotatable bonds is 1. The molecule has 14 heavy (non-hydrogen) atoms. The summed E-state index contributed by atoms with van der Waals surface area (Å²) in [5.41, 5.74) is 0.202. The van der Waals surface area contributed by atoms with E-state index in [-0.39, 0.29) is 23.1 Å². The van der Waals surface area contributed by atoms with E-state index in [0.29, 0.717) is 5.25 Å². The number of halogens is 1. The first-order valence-corrected chi connectivity index (χ1v) is 5.58. The van der Waals surface area contributed by atoms with Gasteiger partial charge in [0.2, 0.25) is 0 Å². The van der Waals surface area contributed by atoms with Gasteiger partial charge in [0, 0.05) is 30.9 Å². The first kappa shape index (κ1) is 12.3. The average molecular weight is 238 g/mol. The van der Waals surface area contributed by atoms with Gasteiger partial charge in [-0.1, -0.05) is 11.8 Å². The van der Waals surface area contributed by atoms with Crippen molar-refractivity contribution < 1.29 is 9.53 Å². The lowest BCUT2D eigenvalue weighted by atomic mass is 9.97. The summed E-state index contributed by atoms with van der Waals surface area (Å²) in [6.45, 7) is 4.28. The number of ether oxygens (including phenoxy) is 1. The number of thioether (sulfide) groups is 1. The van der Waals surface area contributed by atoms with Crippen molar-refractivity contribution in [1.82, 2.24) is 5.32 Å². The van der Waals surface area contributed by atoms with Gasteiger partial charge in [0.05, 0.1) is 6.61 Å². The molecule has 0 aromatic heterocycles. The summed E-state index contributed by atoms with van der Waals surface area (Å²) < 4.78 is 5.38. The van der Waals surface area contributed by atoms with E-state index >= 15 is 0 Å². The molecule has 2 unspecified atom stereocenters. The number of carbonyl (C=O) groups is 1. The Bertz CT molecular complexity index is 219. The number of nitrogens with one attached hydrogen (secondary N) is 1. The molecular weight excluding hydrogens is 222 g/mol. The highest BCUT2D eigenvalue weighted by Crippen LogP contribution is 2.33. The van der Waals surface area contributed by atoms with Crippen LogP contribution in [0.3, 0.4) is 0 Å². The standard InChI is InChI=1S/C9H15NO2S.ClH/c1-7(11)13-8-4-9(10-5-8)2-3-12-6-9;/h8,10H,2-6H2,1H3;1H. The minimum Gasteiger partial charge on any atom is -0.379 e. The van der Waals surface area contributed by atoms with Crippen molar-refractivity contribution in [3.8, 4) is 0 Å². The molecule has 2 rings (SSSR count). The average Bonchev–Trinajstić information content (AvgIpc) is 2.63. The van der Waals surface area contributed by atoms with Gasteiger partial charge in [0.15, 0.2) is 5.12 Å². The smallest absolute Gasteiger partial charge is 0.186 e. The highest BCUT2D eigenvalue weighted by molar-refractivity contribution is 8.14. The quantitative estimate of drug-likeness (QED) is 0.744. The lowest BCUT2D eigenvalue weighted by molar-refractivity contribution is -0.109. The van der Waals surface area contributed by atoms with Crippen LogP contribution in [0.15, 0.2) is 0 Å². The van der Waals surface area contributed by atoms with E-state index in [1.807, 2.05) is 0 Å². The zero-order valence-corrected chi connectivity index (χ0v) is 9.88. The number of carbonyl (C=O) groups excluding carboxylic acids is 1. The second-order valence-corrected chi connectivity index (χ2v) is 5.38. The van der Waals surface area contributed by atoms with Crippen LogP contribution in [0, 0.1) is 0 Å². The third-order valence-electron chi connectivity index (χ3n) is 2.76. The van der Waals surface area contributed by atoms with Crippen molar-refractivity contribution in [3.05, 3.63) is 0 Å². The molecule has 3 nitrogen and oxygen atoms in total. The van der Waals surface area contributed by atoms with Crippen molar-refractivity contribution in [2.75, 3.05) is 19.8 Å². The van der Waals surface area contributed by atoms with E-state index < -0.39 is 0 Å². The van der Waals surface area contributed by atoms with Gasteiger partial charge in [-0.3, -0.25) is 4.79 Å². The Morgan fingerprint density at radius 1 is 1.64 bits per heavy atom. The lowest BCUT2D eigenvalue weighted by Gasteiger charge is -2.20. The molecule has 2 aliphatic rings. The van der Waals surface area contributed by atoms with Crippen LogP contribution in [0.4, 0.5) is 0 Å². The fourth-order valence-corrected chi connectivity index (χ4v) is 3.17. The molecule has 0 amide bonds. The van der Waals surface area contributed by atoms with Crippen LogP contribution in [-0.4, -0.2) is 35.7 Å². The van der Waals surface area contributed by atoms with Gasteiger partial charge < -0.3 is 10.1 Å². The Balaban J connectivity index is 0.000000980. The zero-order valence-electron chi connectivity index (χ0n) is 8.25. The van der Waals surface area contributed by atoms with Crippen LogP contribution < -0.4 is 5.32 Å². The van der Waals surface area contributed by atoms with Crippen LogP contribution in [-0.2, 0) is 9.53 Å². The highest BCUT2D eigenvalue weighted by atomic mass is 35.5. The van der Waals surface area contributed by atoms with Crippen molar-refractivity contribution in [2.24, 2.45) is 0 Å². The molecule has 0 radical (unpaired) electrons. The molecule has 0 aliphatic carbocycles. The van der Waals surface area contributed by atoms with Crippen molar-refractivity contribution in [2.45, 2.75) is 30.6 Å². The van der Waals surface area contributed by atoms with Crippen LogP contribution >= 0.6 is 24.2 Å². The minimum absolute atomic E-state index is 0. The topological polar surface area (TPSA) is 38.3 Å². The first-order valence-electron chi connectivity index (χ1n) is 4.70. The fraction of sp³-hybridized carbons (Fsp3) is 0.889. The van der Waals surface area contributed by atoms with Crippen molar-refractivity contribution >= 4 is 29.3 Å². The van der Waals surface area contributed by atoms with Crippen LogP contribution in [0.1, 0.15) is 19.8 Å². The molecule has 2 fully saturated rings. The molecule has 2 atom stereocenters. The summed E-state index contributed by atoms with van der Waals surface area (Å²) in [4.78, 5) is 10.9. The monoisotopic (exact) mass is 237 g/mol. The summed E-state index contributed by atoms with van der Waals surface area (Å²) >= 11 is 1.47. The molecule has 5 heteroatoms. The molecule has 2 saturated heterocycles. The molecule has 82 valence electrons. The van der Waals surface area contributed by atoms with E-state index in [1.165, 1.54) is 11.8 Å². The molecule has 0 aromatic carbocycles. The highest BCUT2D eigenvalue weighted by Gasteiger charge is 2.42. The third-order valence-corrected chi connectivity index (χ3v) is 3.76. The third kappa shape index (κ3) is 2.63. The molecular formula is C9H16ClNO2S. The predicted octanol–water partition coefficient (Wildman–Crippen LogP) is 1.21. The van der Waals surface area contributed by atoms with Crippen LogP contribution in [0.5, 0.6) is 0 Å². The van der Waals surface area contributed by atoms with E-state index in [4.69, 9.17) is 4.74 Å². The zero-order chi connectivity index (χ0) is 9.31. The van der Waals surface area contributed by atoms with Gasteiger partial charge in [0.25, 0.3) is 0 Å². The summed E-state index contributed by atoms with van der Waals surface area (Å²) in [6, 6.07) is 0. The van der Waals surface area contributed by atoms with Gasteiger partial charge in [0.1, 0.15) is 0 Å². The maximum atomic E-state index is 10.9. The Morgan fingerprint density at radius 3 is 3.00 bits per heavy atom. The second kappa shape index (κ2) is 4.84. The molecule has 0 saturated carbocycles. The molecule has 0 aromatic rings. The minimum atomic E-state index is 0.